The molecule has 0 amide bonds. The van der Waals surface area contributed by atoms with Gasteiger partial charge in [-0.2, -0.15) is 13.2 Å². The zero-order valence-electron chi connectivity index (χ0n) is 16.1. The summed E-state index contributed by atoms with van der Waals surface area (Å²) in [7, 11) is 0. The minimum atomic E-state index is -4.41. The number of halogens is 3. The first-order chi connectivity index (χ1) is 12.6. The number of nitrogens with zero attached hydrogens (tertiary/aromatic N) is 1. The smallest absolute Gasteiger partial charge is 0.416 e. The molecule has 0 saturated carbocycles. The first kappa shape index (κ1) is 20.4. The van der Waals surface area contributed by atoms with E-state index in [0.29, 0.717) is 6.61 Å². The highest BCUT2D eigenvalue weighted by Crippen LogP contribution is 2.39. The van der Waals surface area contributed by atoms with E-state index in [4.69, 9.17) is 14.2 Å². The Bertz CT molecular complexity index is 644. The van der Waals surface area contributed by atoms with Crippen LogP contribution in [0.25, 0.3) is 0 Å². The number of alkyl halides is 3. The molecule has 1 aromatic carbocycles. The molecule has 4 nitrogen and oxygen atoms in total. The van der Waals surface area contributed by atoms with Crippen molar-refractivity contribution in [2.75, 3.05) is 26.2 Å². The summed E-state index contributed by atoms with van der Waals surface area (Å²) in [6.07, 6.45) is -0.803. The van der Waals surface area contributed by atoms with Crippen LogP contribution in [0, 0.1) is 0 Å². The van der Waals surface area contributed by atoms with Crippen LogP contribution >= 0.6 is 0 Å². The highest BCUT2D eigenvalue weighted by Gasteiger charge is 2.51. The fraction of sp³-hybridized carbons (Fsp3) is 0.700. The number of hydrogen-bond donors (Lipinski definition) is 0. The maximum absolute atomic E-state index is 12.9. The topological polar surface area (TPSA) is 30.9 Å². The van der Waals surface area contributed by atoms with Crippen molar-refractivity contribution < 1.29 is 27.4 Å². The second-order valence-electron chi connectivity index (χ2n) is 8.00. The molecule has 0 spiro atoms. The van der Waals surface area contributed by atoms with E-state index in [1.165, 1.54) is 31.4 Å². The van der Waals surface area contributed by atoms with E-state index in [0.717, 1.165) is 31.8 Å². The lowest BCUT2D eigenvalue weighted by molar-refractivity contribution is -0.243. The van der Waals surface area contributed by atoms with E-state index in [-0.39, 0.29) is 11.9 Å². The molecule has 2 atom stereocenters. The summed E-state index contributed by atoms with van der Waals surface area (Å²) in [5, 5.41) is 0. The summed E-state index contributed by atoms with van der Waals surface area (Å²) in [4.78, 5) is 2.38. The summed E-state index contributed by atoms with van der Waals surface area (Å²) in [5.74, 6) is -0.899. The minimum absolute atomic E-state index is 0.0718. The highest BCUT2D eigenvalue weighted by molar-refractivity contribution is 5.31. The first-order valence-corrected chi connectivity index (χ1v) is 9.49. The predicted octanol–water partition coefficient (Wildman–Crippen LogP) is 4.48. The van der Waals surface area contributed by atoms with Gasteiger partial charge in [-0.25, -0.2) is 0 Å². The number of rotatable bonds is 5. The van der Waals surface area contributed by atoms with Crippen molar-refractivity contribution in [3.63, 3.8) is 0 Å². The molecule has 0 aliphatic carbocycles. The molecule has 7 heteroatoms. The van der Waals surface area contributed by atoms with Gasteiger partial charge in [0, 0.05) is 6.54 Å². The Morgan fingerprint density at radius 3 is 2.56 bits per heavy atom. The normalized spacial score (nSPS) is 27.7. The van der Waals surface area contributed by atoms with Crippen LogP contribution in [0.5, 0.6) is 5.75 Å². The lowest BCUT2D eigenvalue weighted by Gasteiger charge is -2.40. The molecule has 1 aromatic rings. The van der Waals surface area contributed by atoms with Crippen LogP contribution in [-0.4, -0.2) is 48.6 Å². The summed E-state index contributed by atoms with van der Waals surface area (Å²) in [6, 6.07) is 4.89. The van der Waals surface area contributed by atoms with Crippen LogP contribution in [0.2, 0.25) is 0 Å². The third-order valence-electron chi connectivity index (χ3n) is 5.47. The third-order valence-corrected chi connectivity index (χ3v) is 5.47. The van der Waals surface area contributed by atoms with Crippen LogP contribution in [0.3, 0.4) is 0 Å². The maximum Gasteiger partial charge on any atom is 0.416 e. The highest BCUT2D eigenvalue weighted by atomic mass is 19.4. The third kappa shape index (κ3) is 4.76. The molecule has 0 bridgehead atoms. The Morgan fingerprint density at radius 2 is 1.89 bits per heavy atom. The predicted molar refractivity (Wildman–Crippen MR) is 95.7 cm³/mol. The maximum atomic E-state index is 12.9. The van der Waals surface area contributed by atoms with Gasteiger partial charge in [0.25, 0.3) is 0 Å². The van der Waals surface area contributed by atoms with Crippen molar-refractivity contribution in [1.82, 2.24) is 4.90 Å². The molecule has 0 aromatic heterocycles. The Morgan fingerprint density at radius 1 is 1.19 bits per heavy atom. The molecule has 3 rings (SSSR count). The van der Waals surface area contributed by atoms with Gasteiger partial charge in [-0.3, -0.25) is 0 Å². The van der Waals surface area contributed by atoms with E-state index in [1.807, 2.05) is 0 Å². The number of ether oxygens (including phenoxy) is 3. The Labute approximate surface area is 158 Å². The SMILES string of the molecule is CC(C)(Oc1cccc(C(F)(F)F)c1)C1(C)OCC(CN2CCCCC2)O1. The van der Waals surface area contributed by atoms with E-state index in [1.54, 1.807) is 20.8 Å². The Balaban J connectivity index is 1.65. The molecule has 27 heavy (non-hydrogen) atoms. The standard InChI is InChI=1S/C20H28F3NO3/c1-18(2,26-16-9-7-8-15(12-16)20(21,22)23)19(3)25-14-17(27-19)13-24-10-5-4-6-11-24/h7-9,12,17H,4-6,10-11,13-14H2,1-3H3. The molecule has 2 heterocycles. The summed E-state index contributed by atoms with van der Waals surface area (Å²) >= 11 is 0. The molecule has 0 radical (unpaired) electrons. The minimum Gasteiger partial charge on any atom is -0.482 e. The van der Waals surface area contributed by atoms with E-state index < -0.39 is 23.1 Å². The molecule has 2 unspecified atom stereocenters. The number of hydrogen-bond acceptors (Lipinski definition) is 4. The first-order valence-electron chi connectivity index (χ1n) is 9.49. The monoisotopic (exact) mass is 387 g/mol. The largest absolute Gasteiger partial charge is 0.482 e. The molecular weight excluding hydrogens is 359 g/mol. The Hall–Kier alpha value is -1.31. The molecule has 2 fully saturated rings. The average molecular weight is 387 g/mol. The van der Waals surface area contributed by atoms with Crippen LogP contribution in [-0.2, 0) is 15.7 Å². The fourth-order valence-corrected chi connectivity index (χ4v) is 3.60. The van der Waals surface area contributed by atoms with Crippen molar-refractivity contribution in [2.24, 2.45) is 0 Å². The number of likely N-dealkylation sites (tertiary alicyclic amines) is 1. The van der Waals surface area contributed by atoms with Crippen LogP contribution < -0.4 is 4.74 Å². The van der Waals surface area contributed by atoms with Gasteiger partial charge in [0.05, 0.1) is 18.3 Å². The molecular formula is C20H28F3NO3. The van der Waals surface area contributed by atoms with Gasteiger partial charge in [-0.1, -0.05) is 12.5 Å². The van der Waals surface area contributed by atoms with Crippen molar-refractivity contribution in [1.29, 1.82) is 0 Å². The van der Waals surface area contributed by atoms with Gasteiger partial charge in [-0.05, 0) is 64.9 Å². The summed E-state index contributed by atoms with van der Waals surface area (Å²) < 4.78 is 56.8. The average Bonchev–Trinajstić information content (AvgIpc) is 2.98. The summed E-state index contributed by atoms with van der Waals surface area (Å²) in [5.41, 5.74) is -1.70. The lowest BCUT2D eigenvalue weighted by Crippen LogP contribution is -2.53. The molecule has 0 N–H and O–H groups in total. The molecule has 2 saturated heterocycles. The van der Waals surface area contributed by atoms with Gasteiger partial charge in [0.2, 0.25) is 5.79 Å². The molecule has 152 valence electrons. The fourth-order valence-electron chi connectivity index (χ4n) is 3.60. The second kappa shape index (κ2) is 7.60. The quantitative estimate of drug-likeness (QED) is 0.745. The van der Waals surface area contributed by atoms with Crippen LogP contribution in [0.4, 0.5) is 13.2 Å². The van der Waals surface area contributed by atoms with E-state index >= 15 is 0 Å². The van der Waals surface area contributed by atoms with Gasteiger partial charge < -0.3 is 19.1 Å². The van der Waals surface area contributed by atoms with Crippen molar-refractivity contribution in [3.8, 4) is 5.75 Å². The van der Waals surface area contributed by atoms with E-state index in [2.05, 4.69) is 4.90 Å². The lowest BCUT2D eigenvalue weighted by atomic mass is 9.98. The van der Waals surface area contributed by atoms with Crippen molar-refractivity contribution in [2.45, 2.75) is 63.7 Å². The van der Waals surface area contributed by atoms with Crippen LogP contribution in [0.15, 0.2) is 24.3 Å². The summed E-state index contributed by atoms with van der Waals surface area (Å²) in [6.45, 7) is 8.73. The molecule has 2 aliphatic heterocycles. The van der Waals surface area contributed by atoms with Crippen molar-refractivity contribution in [3.05, 3.63) is 29.8 Å². The number of piperidine rings is 1. The van der Waals surface area contributed by atoms with Gasteiger partial charge in [0.1, 0.15) is 5.75 Å². The van der Waals surface area contributed by atoms with Crippen LogP contribution in [0.1, 0.15) is 45.6 Å². The number of benzene rings is 1. The van der Waals surface area contributed by atoms with Gasteiger partial charge >= 0.3 is 6.18 Å². The van der Waals surface area contributed by atoms with Crippen molar-refractivity contribution >= 4 is 0 Å². The molecule has 2 aliphatic rings. The van der Waals surface area contributed by atoms with Gasteiger partial charge in [0.15, 0.2) is 5.60 Å². The second-order valence-corrected chi connectivity index (χ2v) is 8.00. The zero-order valence-corrected chi connectivity index (χ0v) is 16.1. The zero-order chi connectivity index (χ0) is 19.7. The Kier molecular flexibility index (Phi) is 5.75. The van der Waals surface area contributed by atoms with Gasteiger partial charge in [-0.15, -0.1) is 0 Å². The van der Waals surface area contributed by atoms with E-state index in [9.17, 15) is 13.2 Å².